The number of benzene rings is 2. The number of aromatic nitrogens is 1. The Labute approximate surface area is 132 Å². The molecule has 3 rings (SSSR count). The number of nitrogens with one attached hydrogen (secondary N) is 1. The lowest BCUT2D eigenvalue weighted by molar-refractivity contribution is 1.13. The van der Waals surface area contributed by atoms with Crippen molar-refractivity contribution in [2.45, 2.75) is 6.54 Å². The Morgan fingerprint density at radius 2 is 1.95 bits per heavy atom. The number of nitrogens with zero attached hydrogens (tertiary/aromatic N) is 1. The maximum atomic E-state index is 4.56. The third-order valence-corrected chi connectivity index (χ3v) is 4.96. The van der Waals surface area contributed by atoms with Crippen molar-refractivity contribution in [3.63, 3.8) is 0 Å². The zero-order chi connectivity index (χ0) is 13.2. The molecule has 0 atom stereocenters. The van der Waals surface area contributed by atoms with E-state index in [-0.39, 0.29) is 0 Å². The summed E-state index contributed by atoms with van der Waals surface area (Å²) in [6.07, 6.45) is 0. The molecule has 1 aromatic heterocycles. The van der Waals surface area contributed by atoms with E-state index in [4.69, 9.17) is 0 Å². The van der Waals surface area contributed by atoms with Gasteiger partial charge in [-0.15, -0.1) is 0 Å². The van der Waals surface area contributed by atoms with Gasteiger partial charge < -0.3 is 5.32 Å². The Kier molecular flexibility index (Phi) is 3.86. The second kappa shape index (κ2) is 5.61. The molecule has 0 fully saturated rings. The predicted molar refractivity (Wildman–Crippen MR) is 88.8 cm³/mol. The molecule has 0 radical (unpaired) electrons. The number of halogens is 2. The fraction of sp³-hybridized carbons (Fsp3) is 0.0714. The number of hydrogen-bond donors (Lipinski definition) is 1. The smallest absolute Gasteiger partial charge is 0.184 e. The molecule has 0 saturated heterocycles. The third-order valence-electron chi connectivity index (χ3n) is 2.74. The Morgan fingerprint density at radius 1 is 1.11 bits per heavy atom. The number of rotatable bonds is 3. The zero-order valence-corrected chi connectivity index (χ0v) is 13.8. The van der Waals surface area contributed by atoms with Gasteiger partial charge in [0, 0.05) is 15.5 Å². The molecule has 2 aromatic carbocycles. The Morgan fingerprint density at radius 3 is 2.74 bits per heavy atom. The van der Waals surface area contributed by atoms with Gasteiger partial charge in [-0.2, -0.15) is 0 Å². The largest absolute Gasteiger partial charge is 0.357 e. The fourth-order valence-corrected chi connectivity index (χ4v) is 3.83. The van der Waals surface area contributed by atoms with Gasteiger partial charge >= 0.3 is 0 Å². The normalized spacial score (nSPS) is 10.8. The topological polar surface area (TPSA) is 24.9 Å². The lowest BCUT2D eigenvalue weighted by Gasteiger charge is -2.05. The van der Waals surface area contributed by atoms with Crippen LogP contribution in [0, 0.1) is 0 Å². The summed E-state index contributed by atoms with van der Waals surface area (Å²) >= 11 is 8.70. The predicted octanol–water partition coefficient (Wildman–Crippen LogP) is 5.43. The minimum atomic E-state index is 0.758. The Bertz CT molecular complexity index is 691. The van der Waals surface area contributed by atoms with Crippen molar-refractivity contribution in [3.8, 4) is 0 Å². The van der Waals surface area contributed by atoms with Crippen molar-refractivity contribution in [3.05, 3.63) is 57.0 Å². The van der Waals surface area contributed by atoms with Crippen LogP contribution in [0.2, 0.25) is 0 Å². The molecule has 0 aliphatic carbocycles. The summed E-state index contributed by atoms with van der Waals surface area (Å²) < 4.78 is 3.37. The van der Waals surface area contributed by atoms with Crippen LogP contribution in [0.5, 0.6) is 0 Å². The molecule has 0 spiro atoms. The van der Waals surface area contributed by atoms with Gasteiger partial charge in [-0.1, -0.05) is 61.4 Å². The minimum absolute atomic E-state index is 0.758. The molecule has 0 saturated carbocycles. The van der Waals surface area contributed by atoms with Crippen molar-refractivity contribution in [1.29, 1.82) is 0 Å². The molecule has 0 bridgehead atoms. The van der Waals surface area contributed by atoms with Gasteiger partial charge in [0.1, 0.15) is 0 Å². The van der Waals surface area contributed by atoms with Crippen molar-refractivity contribution >= 4 is 58.5 Å². The number of hydrogen-bond acceptors (Lipinski definition) is 3. The second-order valence-corrected chi connectivity index (χ2v) is 6.88. The van der Waals surface area contributed by atoms with E-state index in [1.807, 2.05) is 24.3 Å². The van der Waals surface area contributed by atoms with Gasteiger partial charge in [0.15, 0.2) is 5.13 Å². The van der Waals surface area contributed by atoms with Crippen molar-refractivity contribution in [1.82, 2.24) is 4.98 Å². The first-order valence-electron chi connectivity index (χ1n) is 5.76. The maximum absolute atomic E-state index is 4.56. The van der Waals surface area contributed by atoms with Crippen LogP contribution >= 0.6 is 43.2 Å². The van der Waals surface area contributed by atoms with E-state index in [0.29, 0.717) is 0 Å². The van der Waals surface area contributed by atoms with Gasteiger partial charge in [-0.3, -0.25) is 0 Å². The number of para-hydroxylation sites is 1. The van der Waals surface area contributed by atoms with Crippen LogP contribution in [0.15, 0.2) is 51.4 Å². The van der Waals surface area contributed by atoms with Gasteiger partial charge in [-0.05, 0) is 29.8 Å². The van der Waals surface area contributed by atoms with Crippen LogP contribution in [0.3, 0.4) is 0 Å². The van der Waals surface area contributed by atoms with E-state index in [0.717, 1.165) is 26.1 Å². The zero-order valence-electron chi connectivity index (χ0n) is 9.86. The van der Waals surface area contributed by atoms with Crippen LogP contribution in [-0.2, 0) is 6.54 Å². The van der Waals surface area contributed by atoms with Crippen molar-refractivity contribution < 1.29 is 0 Å². The molecule has 0 aliphatic rings. The van der Waals surface area contributed by atoms with Gasteiger partial charge in [0.25, 0.3) is 0 Å². The van der Waals surface area contributed by atoms with E-state index in [1.165, 1.54) is 10.3 Å². The number of anilines is 1. The van der Waals surface area contributed by atoms with Crippen LogP contribution in [0.1, 0.15) is 5.56 Å². The quantitative estimate of drug-likeness (QED) is 0.636. The molecule has 19 heavy (non-hydrogen) atoms. The average Bonchev–Trinajstić information content (AvgIpc) is 2.80. The maximum Gasteiger partial charge on any atom is 0.184 e. The Balaban J connectivity index is 1.78. The van der Waals surface area contributed by atoms with E-state index in [2.05, 4.69) is 60.4 Å². The standard InChI is InChI=1S/C14H10Br2N2S/c15-10-6-5-9(11(16)7-10)8-17-14-18-12-3-1-2-4-13(12)19-14/h1-7H,8H2,(H,17,18). The summed E-state index contributed by atoms with van der Waals surface area (Å²) in [4.78, 5) is 4.56. The average molecular weight is 398 g/mol. The summed E-state index contributed by atoms with van der Waals surface area (Å²) in [5, 5.41) is 4.33. The monoisotopic (exact) mass is 396 g/mol. The highest BCUT2D eigenvalue weighted by Gasteiger charge is 2.04. The second-order valence-electron chi connectivity index (χ2n) is 4.08. The molecule has 5 heteroatoms. The van der Waals surface area contributed by atoms with Crippen molar-refractivity contribution in [2.24, 2.45) is 0 Å². The van der Waals surface area contributed by atoms with Crippen LogP contribution in [-0.4, -0.2) is 4.98 Å². The van der Waals surface area contributed by atoms with Gasteiger partial charge in [0.05, 0.1) is 10.2 Å². The molecular weight excluding hydrogens is 388 g/mol. The molecule has 0 amide bonds. The summed E-state index contributed by atoms with van der Waals surface area (Å²) in [6, 6.07) is 14.4. The van der Waals surface area contributed by atoms with E-state index >= 15 is 0 Å². The molecular formula is C14H10Br2N2S. The highest BCUT2D eigenvalue weighted by molar-refractivity contribution is 9.11. The third kappa shape index (κ3) is 2.99. The first kappa shape index (κ1) is 13.1. The Hall–Kier alpha value is -0.910. The first-order valence-corrected chi connectivity index (χ1v) is 8.16. The molecule has 96 valence electrons. The highest BCUT2D eigenvalue weighted by atomic mass is 79.9. The van der Waals surface area contributed by atoms with Gasteiger partial charge in [0.2, 0.25) is 0 Å². The molecule has 2 nitrogen and oxygen atoms in total. The lowest BCUT2D eigenvalue weighted by Crippen LogP contribution is -1.99. The van der Waals surface area contributed by atoms with Crippen LogP contribution in [0.4, 0.5) is 5.13 Å². The van der Waals surface area contributed by atoms with Crippen molar-refractivity contribution in [2.75, 3.05) is 5.32 Å². The number of thiazole rings is 1. The number of fused-ring (bicyclic) bond motifs is 1. The van der Waals surface area contributed by atoms with Crippen LogP contribution < -0.4 is 5.32 Å². The summed E-state index contributed by atoms with van der Waals surface area (Å²) in [7, 11) is 0. The lowest BCUT2D eigenvalue weighted by atomic mass is 10.2. The SMILES string of the molecule is Brc1ccc(CNc2nc3ccccc3s2)c(Br)c1. The molecule has 0 aliphatic heterocycles. The molecule has 1 N–H and O–H groups in total. The van der Waals surface area contributed by atoms with E-state index in [1.54, 1.807) is 11.3 Å². The molecule has 1 heterocycles. The summed E-state index contributed by atoms with van der Waals surface area (Å²) in [6.45, 7) is 0.758. The van der Waals surface area contributed by atoms with Crippen LogP contribution in [0.25, 0.3) is 10.2 Å². The molecule has 0 unspecified atom stereocenters. The minimum Gasteiger partial charge on any atom is -0.357 e. The van der Waals surface area contributed by atoms with E-state index in [9.17, 15) is 0 Å². The first-order chi connectivity index (χ1) is 9.22. The highest BCUT2D eigenvalue weighted by Crippen LogP contribution is 2.27. The summed E-state index contributed by atoms with van der Waals surface area (Å²) in [5.41, 5.74) is 2.26. The molecule has 3 aromatic rings. The summed E-state index contributed by atoms with van der Waals surface area (Å²) in [5.74, 6) is 0. The fourth-order valence-electron chi connectivity index (χ4n) is 1.78. The van der Waals surface area contributed by atoms with E-state index < -0.39 is 0 Å². The van der Waals surface area contributed by atoms with Gasteiger partial charge in [-0.25, -0.2) is 4.98 Å².